The van der Waals surface area contributed by atoms with E-state index in [4.69, 9.17) is 9.47 Å². The van der Waals surface area contributed by atoms with Crippen LogP contribution in [0.4, 0.5) is 8.78 Å². The normalized spacial score (nSPS) is 14.4. The largest absolute Gasteiger partial charge is 0.370 e. The third-order valence-electron chi connectivity index (χ3n) is 1.43. The summed E-state index contributed by atoms with van der Waals surface area (Å²) < 4.78 is 36.5. The Bertz CT molecular complexity index is 170. The van der Waals surface area contributed by atoms with Crippen LogP contribution in [-0.4, -0.2) is 30.3 Å². The maximum Gasteiger partial charge on any atom is 0.293 e. The summed E-state index contributed by atoms with van der Waals surface area (Å²) in [6.07, 6.45) is 0. The zero-order chi connectivity index (χ0) is 12.3. The Balaban J connectivity index is 3.98. The number of ether oxygens (including phenoxy) is 2. The molecule has 0 amide bonds. The smallest absolute Gasteiger partial charge is 0.293 e. The molecule has 0 aliphatic heterocycles. The van der Waals surface area contributed by atoms with Gasteiger partial charge in [0.1, 0.15) is 13.2 Å². The van der Waals surface area contributed by atoms with Crippen LogP contribution in [0.15, 0.2) is 0 Å². The van der Waals surface area contributed by atoms with E-state index in [0.717, 1.165) is 0 Å². The van der Waals surface area contributed by atoms with E-state index in [0.29, 0.717) is 0 Å². The maximum atomic E-state index is 13.2. The first kappa shape index (κ1) is 14.8. The first-order valence-corrected chi connectivity index (χ1v) is 5.07. The highest BCUT2D eigenvalue weighted by Gasteiger charge is 2.33. The van der Waals surface area contributed by atoms with Crippen LogP contribution >= 0.6 is 0 Å². The average molecular weight is 224 g/mol. The Hall–Kier alpha value is -0.220. The highest BCUT2D eigenvalue weighted by Crippen LogP contribution is 2.21. The molecular formula is C11H22F2O2. The molecule has 0 aromatic heterocycles. The minimum atomic E-state index is -2.93. The third-order valence-corrected chi connectivity index (χ3v) is 1.43. The molecule has 0 rings (SSSR count). The van der Waals surface area contributed by atoms with Gasteiger partial charge in [-0.3, -0.25) is 0 Å². The second-order valence-electron chi connectivity index (χ2n) is 5.66. The predicted octanol–water partition coefficient (Wildman–Crippen LogP) is 3.25. The van der Waals surface area contributed by atoms with E-state index in [1.807, 2.05) is 0 Å². The van der Waals surface area contributed by atoms with Gasteiger partial charge in [-0.2, -0.15) is 0 Å². The lowest BCUT2D eigenvalue weighted by molar-refractivity contribution is -0.172. The molecule has 0 aliphatic carbocycles. The summed E-state index contributed by atoms with van der Waals surface area (Å²) in [4.78, 5) is 0. The van der Waals surface area contributed by atoms with Crippen LogP contribution in [0, 0.1) is 0 Å². The lowest BCUT2D eigenvalue weighted by Gasteiger charge is -2.27. The van der Waals surface area contributed by atoms with Crippen molar-refractivity contribution in [3.63, 3.8) is 0 Å². The van der Waals surface area contributed by atoms with Gasteiger partial charge in [0.25, 0.3) is 5.92 Å². The summed E-state index contributed by atoms with van der Waals surface area (Å²) in [6.45, 7) is 9.25. The van der Waals surface area contributed by atoms with Crippen LogP contribution in [0.1, 0.15) is 41.5 Å². The average Bonchev–Trinajstić information content (AvgIpc) is 1.96. The molecule has 0 N–H and O–H groups in total. The number of hydrogen-bond donors (Lipinski definition) is 0. The molecule has 0 aromatic rings. The van der Waals surface area contributed by atoms with Crippen LogP contribution in [0.3, 0.4) is 0 Å². The van der Waals surface area contributed by atoms with Crippen LogP contribution in [-0.2, 0) is 9.47 Å². The van der Waals surface area contributed by atoms with Crippen LogP contribution < -0.4 is 0 Å². The number of rotatable bonds is 4. The first-order valence-electron chi connectivity index (χ1n) is 5.07. The van der Waals surface area contributed by atoms with Gasteiger partial charge in [0.2, 0.25) is 0 Å². The minimum absolute atomic E-state index is 0.550. The fourth-order valence-corrected chi connectivity index (χ4v) is 0.686. The van der Waals surface area contributed by atoms with Gasteiger partial charge in [-0.1, -0.05) is 0 Å². The summed E-state index contributed by atoms with van der Waals surface area (Å²) >= 11 is 0. The van der Waals surface area contributed by atoms with Crippen molar-refractivity contribution in [1.82, 2.24) is 0 Å². The van der Waals surface area contributed by atoms with Crippen LogP contribution in [0.5, 0.6) is 0 Å². The molecule has 0 bridgehead atoms. The summed E-state index contributed by atoms with van der Waals surface area (Å²) in [6, 6.07) is 0. The van der Waals surface area contributed by atoms with Crippen molar-refractivity contribution in [2.75, 3.05) is 13.2 Å². The number of hydrogen-bond acceptors (Lipinski definition) is 2. The Kier molecular flexibility index (Phi) is 4.67. The summed E-state index contributed by atoms with van der Waals surface area (Å²) in [5, 5.41) is 0. The minimum Gasteiger partial charge on any atom is -0.370 e. The molecule has 0 radical (unpaired) electrons. The van der Waals surface area contributed by atoms with Gasteiger partial charge in [-0.05, 0) is 41.5 Å². The fraction of sp³-hybridized carbons (Fsp3) is 1.00. The molecule has 0 heterocycles. The second-order valence-corrected chi connectivity index (χ2v) is 5.66. The molecular weight excluding hydrogens is 202 g/mol. The number of alkyl halides is 2. The molecule has 0 aromatic carbocycles. The van der Waals surface area contributed by atoms with E-state index in [9.17, 15) is 8.78 Å². The molecule has 0 fully saturated rings. The first-order chi connectivity index (χ1) is 6.41. The molecule has 2 nitrogen and oxygen atoms in total. The SMILES string of the molecule is CC(C)(C)OCC(F)(F)COC(C)(C)C. The van der Waals surface area contributed by atoms with Crippen LogP contribution in [0.25, 0.3) is 0 Å². The van der Waals surface area contributed by atoms with E-state index in [1.54, 1.807) is 41.5 Å². The van der Waals surface area contributed by atoms with E-state index in [-0.39, 0.29) is 0 Å². The van der Waals surface area contributed by atoms with Crippen molar-refractivity contribution in [3.8, 4) is 0 Å². The molecule has 0 unspecified atom stereocenters. The van der Waals surface area contributed by atoms with Crippen molar-refractivity contribution >= 4 is 0 Å². The molecule has 0 saturated carbocycles. The van der Waals surface area contributed by atoms with Crippen LogP contribution in [0.2, 0.25) is 0 Å². The Morgan fingerprint density at radius 1 is 0.733 bits per heavy atom. The van der Waals surface area contributed by atoms with Crippen molar-refractivity contribution in [2.24, 2.45) is 0 Å². The Morgan fingerprint density at radius 2 is 1.00 bits per heavy atom. The predicted molar refractivity (Wildman–Crippen MR) is 56.4 cm³/mol. The summed E-state index contributed by atoms with van der Waals surface area (Å²) in [5.41, 5.74) is -1.10. The van der Waals surface area contributed by atoms with E-state index in [2.05, 4.69) is 0 Å². The summed E-state index contributed by atoms with van der Waals surface area (Å²) in [7, 11) is 0. The molecule has 4 heteroatoms. The molecule has 0 atom stereocenters. The fourth-order valence-electron chi connectivity index (χ4n) is 0.686. The number of halogens is 2. The highest BCUT2D eigenvalue weighted by molar-refractivity contribution is 4.70. The van der Waals surface area contributed by atoms with Gasteiger partial charge >= 0.3 is 0 Å². The zero-order valence-corrected chi connectivity index (χ0v) is 10.5. The van der Waals surface area contributed by atoms with Gasteiger partial charge < -0.3 is 9.47 Å². The maximum absolute atomic E-state index is 13.2. The van der Waals surface area contributed by atoms with E-state index >= 15 is 0 Å². The topological polar surface area (TPSA) is 18.5 Å². The van der Waals surface area contributed by atoms with E-state index < -0.39 is 30.3 Å². The van der Waals surface area contributed by atoms with Gasteiger partial charge in [-0.15, -0.1) is 0 Å². The van der Waals surface area contributed by atoms with Crippen molar-refractivity contribution in [2.45, 2.75) is 58.7 Å². The Labute approximate surface area is 90.9 Å². The third kappa shape index (κ3) is 10.1. The molecule has 0 spiro atoms. The Morgan fingerprint density at radius 3 is 1.20 bits per heavy atom. The quantitative estimate of drug-likeness (QED) is 0.729. The molecule has 0 aliphatic rings. The van der Waals surface area contributed by atoms with E-state index in [1.165, 1.54) is 0 Å². The molecule has 92 valence electrons. The van der Waals surface area contributed by atoms with Crippen molar-refractivity contribution in [1.29, 1.82) is 0 Å². The molecule has 15 heavy (non-hydrogen) atoms. The lowest BCUT2D eigenvalue weighted by atomic mass is 10.2. The second kappa shape index (κ2) is 4.74. The van der Waals surface area contributed by atoms with Gasteiger partial charge in [0.15, 0.2) is 0 Å². The van der Waals surface area contributed by atoms with Gasteiger partial charge in [0, 0.05) is 0 Å². The lowest BCUT2D eigenvalue weighted by Crippen LogP contribution is -2.37. The zero-order valence-electron chi connectivity index (χ0n) is 10.5. The molecule has 0 saturated heterocycles. The summed E-state index contributed by atoms with van der Waals surface area (Å²) in [5.74, 6) is -2.93. The highest BCUT2D eigenvalue weighted by atomic mass is 19.3. The van der Waals surface area contributed by atoms with Gasteiger partial charge in [-0.25, -0.2) is 8.78 Å². The monoisotopic (exact) mass is 224 g/mol. The van der Waals surface area contributed by atoms with Gasteiger partial charge in [0.05, 0.1) is 11.2 Å². The standard InChI is InChI=1S/C11H22F2O2/c1-9(2,3)14-7-11(12,13)8-15-10(4,5)6/h7-8H2,1-6H3. The van der Waals surface area contributed by atoms with Crippen molar-refractivity contribution < 1.29 is 18.3 Å². The van der Waals surface area contributed by atoms with Crippen molar-refractivity contribution in [3.05, 3.63) is 0 Å².